The molecule has 7 nitrogen and oxygen atoms in total. The maximum Gasteiger partial charge on any atom is 0.451 e. The lowest BCUT2D eigenvalue weighted by Crippen LogP contribution is -2.48. The molecule has 1 fully saturated rings. The number of aromatic nitrogens is 2. The van der Waals surface area contributed by atoms with Crippen LogP contribution in [0.5, 0.6) is 0 Å². The van der Waals surface area contributed by atoms with Gasteiger partial charge in [0.15, 0.2) is 0 Å². The van der Waals surface area contributed by atoms with E-state index in [1.54, 1.807) is 6.92 Å². The molecule has 4 heterocycles. The van der Waals surface area contributed by atoms with Crippen LogP contribution in [0.4, 0.5) is 13.2 Å². The second-order valence-corrected chi connectivity index (χ2v) is 13.8. The lowest BCUT2D eigenvalue weighted by atomic mass is 9.83. The van der Waals surface area contributed by atoms with Crippen LogP contribution in [0.3, 0.4) is 0 Å². The van der Waals surface area contributed by atoms with Gasteiger partial charge >= 0.3 is 6.18 Å². The Hall–Kier alpha value is -2.67. The van der Waals surface area contributed by atoms with E-state index in [9.17, 15) is 22.2 Å². The third kappa shape index (κ3) is 6.31. The Morgan fingerprint density at radius 1 is 1.26 bits per heavy atom. The van der Waals surface area contributed by atoms with E-state index in [0.717, 1.165) is 27.3 Å². The fourth-order valence-corrected chi connectivity index (χ4v) is 7.97. The highest BCUT2D eigenvalue weighted by Crippen LogP contribution is 2.48. The first-order valence-electron chi connectivity index (χ1n) is 14.1. The topological polar surface area (TPSA) is 84.4 Å². The van der Waals surface area contributed by atoms with E-state index in [4.69, 9.17) is 4.74 Å². The summed E-state index contributed by atoms with van der Waals surface area (Å²) in [5, 5.41) is 3.01. The number of amides is 1. The number of hydrogen-bond acceptors (Lipinski definition) is 7. The maximum atomic E-state index is 13.1. The number of piperidine rings is 1. The van der Waals surface area contributed by atoms with E-state index >= 15 is 0 Å². The number of nitrogens with zero attached hydrogens (tertiary/aromatic N) is 3. The normalized spacial score (nSPS) is 20.2. The van der Waals surface area contributed by atoms with Gasteiger partial charge in [0.1, 0.15) is 5.60 Å². The van der Waals surface area contributed by atoms with Crippen molar-refractivity contribution in [2.75, 3.05) is 18.8 Å². The largest absolute Gasteiger partial charge is 0.451 e. The predicted molar refractivity (Wildman–Crippen MR) is 156 cm³/mol. The van der Waals surface area contributed by atoms with Crippen molar-refractivity contribution in [2.24, 2.45) is 0 Å². The minimum absolute atomic E-state index is 0.00438. The Morgan fingerprint density at radius 3 is 2.57 bits per heavy atom. The number of hydrogen-bond donors (Lipinski definition) is 1. The van der Waals surface area contributed by atoms with Crippen molar-refractivity contribution in [1.82, 2.24) is 20.2 Å². The molecule has 1 amide bonds. The number of alkyl halides is 3. The fourth-order valence-electron chi connectivity index (χ4n) is 5.90. The molecule has 0 saturated carbocycles. The van der Waals surface area contributed by atoms with Crippen LogP contribution in [0, 0.1) is 6.92 Å². The summed E-state index contributed by atoms with van der Waals surface area (Å²) >= 11 is 1.49. The summed E-state index contributed by atoms with van der Waals surface area (Å²) in [6.07, 6.45) is -1.12. The number of aryl methyl sites for hydroxylation is 1. The average Bonchev–Trinajstić information content (AvgIpc) is 3.40. The molecule has 1 spiro atoms. The summed E-state index contributed by atoms with van der Waals surface area (Å²) in [6.45, 7) is 9.24. The summed E-state index contributed by atoms with van der Waals surface area (Å²) in [5.41, 5.74) is 2.59. The van der Waals surface area contributed by atoms with E-state index in [2.05, 4.69) is 27.1 Å². The zero-order valence-corrected chi connectivity index (χ0v) is 25.7. The van der Waals surface area contributed by atoms with Gasteiger partial charge in [0.05, 0.1) is 21.8 Å². The Kier molecular flexibility index (Phi) is 8.90. The van der Waals surface area contributed by atoms with Crippen LogP contribution in [0.2, 0.25) is 0 Å². The summed E-state index contributed by atoms with van der Waals surface area (Å²) in [4.78, 5) is 25.2. The molecule has 3 atom stereocenters. The fraction of sp³-hybridized carbons (Fsp3) is 0.500. The van der Waals surface area contributed by atoms with Crippen molar-refractivity contribution in [3.05, 3.63) is 74.5 Å². The number of carbonyl (C=O) groups excluding carboxylic acids is 1. The zero-order valence-electron chi connectivity index (χ0n) is 24.1. The van der Waals surface area contributed by atoms with Gasteiger partial charge in [-0.2, -0.15) is 13.2 Å². The third-order valence-corrected chi connectivity index (χ3v) is 10.8. The quantitative estimate of drug-likeness (QED) is 0.352. The van der Waals surface area contributed by atoms with Crippen LogP contribution >= 0.6 is 11.3 Å². The van der Waals surface area contributed by atoms with Crippen LogP contribution in [0.15, 0.2) is 41.4 Å². The predicted octanol–water partition coefficient (Wildman–Crippen LogP) is 5.94. The minimum Gasteiger partial charge on any atom is -0.366 e. The van der Waals surface area contributed by atoms with Crippen molar-refractivity contribution >= 4 is 28.0 Å². The average molecular weight is 621 g/mol. The van der Waals surface area contributed by atoms with Gasteiger partial charge in [0.2, 0.25) is 5.82 Å². The molecule has 1 aromatic carbocycles. The standard InChI is InChI=1S/C30H35F3N4O3S2/c1-5-42(39)23-8-6-21(7-9-23)16-34-27(38)25-15-22-14-18(2)40-29(26(22)41-25)10-12-37(13-11-29)20(4)24-17-35-28(30(31,32)33)36-19(24)3/h6-9,15,17-18,20H,5,10-14,16H2,1-4H3,(H,34,38)/t18-,20?,42?/m0/s1. The summed E-state index contributed by atoms with van der Waals surface area (Å²) in [5.74, 6) is -0.693. The smallest absolute Gasteiger partial charge is 0.366 e. The zero-order chi connectivity index (χ0) is 30.2. The molecule has 0 radical (unpaired) electrons. The van der Waals surface area contributed by atoms with Crippen molar-refractivity contribution in [2.45, 2.75) is 82.3 Å². The number of nitrogens with one attached hydrogen (secondary N) is 1. The molecular weight excluding hydrogens is 585 g/mol. The van der Waals surface area contributed by atoms with Crippen molar-refractivity contribution < 1.29 is 26.9 Å². The lowest BCUT2D eigenvalue weighted by Gasteiger charge is -2.47. The number of fused-ring (bicyclic) bond motifs is 2. The van der Waals surface area contributed by atoms with Gasteiger partial charge in [0, 0.05) is 58.7 Å². The molecular formula is C30H35F3N4O3S2. The number of carbonyl (C=O) groups is 1. The number of halogens is 3. The van der Waals surface area contributed by atoms with Crippen LogP contribution in [0.25, 0.3) is 0 Å². The van der Waals surface area contributed by atoms with Crippen LogP contribution < -0.4 is 5.32 Å². The van der Waals surface area contributed by atoms with E-state index in [-0.39, 0.29) is 18.1 Å². The first-order valence-corrected chi connectivity index (χ1v) is 16.2. The van der Waals surface area contributed by atoms with E-state index in [1.165, 1.54) is 17.5 Å². The van der Waals surface area contributed by atoms with Gasteiger partial charge in [-0.15, -0.1) is 11.3 Å². The van der Waals surface area contributed by atoms with Gasteiger partial charge in [0.25, 0.3) is 5.91 Å². The van der Waals surface area contributed by atoms with Crippen LogP contribution in [0.1, 0.15) is 82.4 Å². The summed E-state index contributed by atoms with van der Waals surface area (Å²) in [7, 11) is -1.01. The molecule has 42 heavy (non-hydrogen) atoms. The summed E-state index contributed by atoms with van der Waals surface area (Å²) in [6, 6.07) is 9.30. The molecule has 2 aliphatic rings. The Bertz CT molecular complexity index is 1470. The molecule has 0 bridgehead atoms. The van der Waals surface area contributed by atoms with Crippen molar-refractivity contribution in [3.8, 4) is 0 Å². The summed E-state index contributed by atoms with van der Waals surface area (Å²) < 4.78 is 57.7. The second kappa shape index (κ2) is 12.1. The van der Waals surface area contributed by atoms with Gasteiger partial charge in [-0.25, -0.2) is 9.97 Å². The highest BCUT2D eigenvalue weighted by atomic mass is 32.2. The molecule has 2 unspecified atom stereocenters. The molecule has 1 saturated heterocycles. The third-order valence-electron chi connectivity index (χ3n) is 8.16. The van der Waals surface area contributed by atoms with Crippen molar-refractivity contribution in [1.29, 1.82) is 0 Å². The molecule has 5 rings (SSSR count). The first-order chi connectivity index (χ1) is 19.9. The van der Waals surface area contributed by atoms with Crippen molar-refractivity contribution in [3.63, 3.8) is 0 Å². The molecule has 2 aliphatic heterocycles. The van der Waals surface area contributed by atoms with E-state index in [1.807, 2.05) is 44.2 Å². The van der Waals surface area contributed by atoms with Gasteiger partial charge in [-0.3, -0.25) is 13.9 Å². The monoisotopic (exact) mass is 620 g/mol. The minimum atomic E-state index is -4.57. The number of thiophene rings is 1. The van der Waals surface area contributed by atoms with Gasteiger partial charge in [-0.05, 0) is 69.4 Å². The van der Waals surface area contributed by atoms with E-state index < -0.39 is 28.4 Å². The molecule has 1 N–H and O–H groups in total. The highest BCUT2D eigenvalue weighted by Gasteiger charge is 2.45. The van der Waals surface area contributed by atoms with Gasteiger partial charge < -0.3 is 10.1 Å². The molecule has 3 aromatic rings. The number of likely N-dealkylation sites (tertiary alicyclic amines) is 1. The maximum absolute atomic E-state index is 13.1. The molecule has 2 aromatic heterocycles. The Balaban J connectivity index is 1.26. The molecule has 12 heteroatoms. The van der Waals surface area contributed by atoms with Gasteiger partial charge in [-0.1, -0.05) is 19.1 Å². The lowest BCUT2D eigenvalue weighted by molar-refractivity contribution is -0.145. The first kappa shape index (κ1) is 30.8. The number of ether oxygens (including phenoxy) is 1. The SMILES string of the molecule is CCS(=O)c1ccc(CNC(=O)c2cc3c(s2)C2(CCN(C(C)c4cnc(C(F)(F)F)nc4C)CC2)O[C@@H](C)C3)cc1. The Morgan fingerprint density at radius 2 is 1.95 bits per heavy atom. The van der Waals surface area contributed by atoms with E-state index in [0.29, 0.717) is 54.4 Å². The number of rotatable bonds is 7. The van der Waals surface area contributed by atoms with Crippen LogP contribution in [-0.4, -0.2) is 49.9 Å². The van der Waals surface area contributed by atoms with Crippen LogP contribution in [-0.2, 0) is 40.3 Å². The highest BCUT2D eigenvalue weighted by molar-refractivity contribution is 7.85. The molecule has 226 valence electrons. The number of benzene rings is 1. The molecule has 0 aliphatic carbocycles. The second-order valence-electron chi connectivity index (χ2n) is 11.0. The Labute approximate surface area is 250 Å².